The lowest BCUT2D eigenvalue weighted by Gasteiger charge is -2.01. The fourth-order valence-corrected chi connectivity index (χ4v) is 2.70. The SMILES string of the molecule is Cc1ccc(C(=O)Cn2nc(C)c([N+](=O)[O-])c2C)s1. The van der Waals surface area contributed by atoms with Gasteiger partial charge < -0.3 is 0 Å². The van der Waals surface area contributed by atoms with Crippen molar-refractivity contribution in [1.29, 1.82) is 0 Å². The maximum absolute atomic E-state index is 12.0. The molecule has 0 aromatic carbocycles. The highest BCUT2D eigenvalue weighted by Gasteiger charge is 2.23. The van der Waals surface area contributed by atoms with E-state index in [0.29, 0.717) is 16.3 Å². The molecule has 0 unspecified atom stereocenters. The molecule has 19 heavy (non-hydrogen) atoms. The minimum atomic E-state index is -0.464. The van der Waals surface area contributed by atoms with Crippen LogP contribution in [0.3, 0.4) is 0 Å². The Morgan fingerprint density at radius 2 is 2.11 bits per heavy atom. The first-order valence-corrected chi connectivity index (χ1v) is 6.50. The van der Waals surface area contributed by atoms with Gasteiger partial charge in [-0.05, 0) is 32.9 Å². The Morgan fingerprint density at radius 1 is 1.42 bits per heavy atom. The molecule has 0 saturated heterocycles. The lowest BCUT2D eigenvalue weighted by Crippen LogP contribution is -2.12. The standard InChI is InChI=1S/C12H13N3O3S/c1-7-4-5-11(19-7)10(16)6-14-9(3)12(15(17)18)8(2)13-14/h4-5H,6H2,1-3H3. The van der Waals surface area contributed by atoms with Gasteiger partial charge in [0.2, 0.25) is 0 Å². The highest BCUT2D eigenvalue weighted by atomic mass is 32.1. The highest BCUT2D eigenvalue weighted by Crippen LogP contribution is 2.23. The van der Waals surface area contributed by atoms with Crippen LogP contribution < -0.4 is 0 Å². The fourth-order valence-electron chi connectivity index (χ4n) is 1.90. The van der Waals surface area contributed by atoms with Crippen LogP contribution in [-0.4, -0.2) is 20.5 Å². The number of nitrogens with zero attached hydrogens (tertiary/aromatic N) is 3. The van der Waals surface area contributed by atoms with Crippen molar-refractivity contribution in [2.45, 2.75) is 27.3 Å². The summed E-state index contributed by atoms with van der Waals surface area (Å²) in [6.07, 6.45) is 0. The van der Waals surface area contributed by atoms with Gasteiger partial charge in [-0.25, -0.2) is 0 Å². The van der Waals surface area contributed by atoms with Gasteiger partial charge in [0.1, 0.15) is 17.9 Å². The number of carbonyl (C=O) groups excluding carboxylic acids is 1. The quantitative estimate of drug-likeness (QED) is 0.489. The Hall–Kier alpha value is -2.02. The smallest absolute Gasteiger partial charge is 0.291 e. The summed E-state index contributed by atoms with van der Waals surface area (Å²) in [5, 5.41) is 14.9. The summed E-state index contributed by atoms with van der Waals surface area (Å²) in [7, 11) is 0. The molecule has 0 bridgehead atoms. The van der Waals surface area contributed by atoms with Gasteiger partial charge in [0, 0.05) is 4.88 Å². The average Bonchev–Trinajstić information content (AvgIpc) is 2.84. The summed E-state index contributed by atoms with van der Waals surface area (Å²) in [6, 6.07) is 3.64. The van der Waals surface area contributed by atoms with Crippen LogP contribution in [0, 0.1) is 30.9 Å². The second-order valence-electron chi connectivity index (χ2n) is 4.27. The number of thiophene rings is 1. The van der Waals surface area contributed by atoms with Crippen molar-refractivity contribution < 1.29 is 9.72 Å². The summed E-state index contributed by atoms with van der Waals surface area (Å²) >= 11 is 1.41. The molecule has 0 N–H and O–H groups in total. The van der Waals surface area contributed by atoms with Gasteiger partial charge in [0.05, 0.1) is 9.80 Å². The van der Waals surface area contributed by atoms with Crippen LogP contribution in [-0.2, 0) is 6.54 Å². The van der Waals surface area contributed by atoms with E-state index in [-0.39, 0.29) is 18.0 Å². The first kappa shape index (κ1) is 13.4. The van der Waals surface area contributed by atoms with Gasteiger partial charge in [-0.2, -0.15) is 5.10 Å². The van der Waals surface area contributed by atoms with Gasteiger partial charge >= 0.3 is 5.69 Å². The first-order valence-electron chi connectivity index (χ1n) is 5.68. The van der Waals surface area contributed by atoms with Crippen molar-refractivity contribution >= 4 is 22.8 Å². The van der Waals surface area contributed by atoms with E-state index in [1.54, 1.807) is 19.9 Å². The molecule has 0 spiro atoms. The monoisotopic (exact) mass is 279 g/mol. The molecule has 0 aliphatic carbocycles. The minimum absolute atomic E-state index is 0.0184. The number of nitro groups is 1. The number of hydrogen-bond donors (Lipinski definition) is 0. The fraction of sp³-hybridized carbons (Fsp3) is 0.333. The maximum Gasteiger partial charge on any atom is 0.312 e. The third-order valence-corrected chi connectivity index (χ3v) is 3.88. The predicted octanol–water partition coefficient (Wildman–Crippen LogP) is 2.66. The molecule has 0 radical (unpaired) electrons. The topological polar surface area (TPSA) is 78.0 Å². The number of rotatable bonds is 4. The minimum Gasteiger partial charge on any atom is -0.291 e. The van der Waals surface area contributed by atoms with E-state index in [2.05, 4.69) is 5.10 Å². The molecule has 0 aliphatic heterocycles. The lowest BCUT2D eigenvalue weighted by molar-refractivity contribution is -0.386. The third kappa shape index (κ3) is 2.55. The second kappa shape index (κ2) is 4.93. The number of aromatic nitrogens is 2. The zero-order valence-corrected chi connectivity index (χ0v) is 11.7. The normalized spacial score (nSPS) is 10.7. The number of hydrogen-bond acceptors (Lipinski definition) is 5. The molecule has 0 aliphatic rings. The van der Waals surface area contributed by atoms with Gasteiger partial charge in [-0.1, -0.05) is 0 Å². The van der Waals surface area contributed by atoms with E-state index < -0.39 is 4.92 Å². The predicted molar refractivity (Wildman–Crippen MR) is 71.7 cm³/mol. The molecular formula is C12H13N3O3S. The maximum atomic E-state index is 12.0. The van der Waals surface area contributed by atoms with Crippen molar-refractivity contribution in [2.24, 2.45) is 0 Å². The Balaban J connectivity index is 2.27. The Morgan fingerprint density at radius 3 is 2.58 bits per heavy atom. The Bertz CT molecular complexity index is 657. The third-order valence-electron chi connectivity index (χ3n) is 2.83. The summed E-state index contributed by atoms with van der Waals surface area (Å²) in [4.78, 5) is 24.2. The summed E-state index contributed by atoms with van der Waals surface area (Å²) in [5.41, 5.74) is 0.719. The first-order chi connectivity index (χ1) is 8.90. The second-order valence-corrected chi connectivity index (χ2v) is 5.56. The Labute approximate surface area is 113 Å². The van der Waals surface area contributed by atoms with Crippen LogP contribution in [0.1, 0.15) is 25.9 Å². The van der Waals surface area contributed by atoms with E-state index in [1.807, 2.05) is 13.0 Å². The van der Waals surface area contributed by atoms with Crippen molar-refractivity contribution in [3.05, 3.63) is 43.4 Å². The molecule has 6 nitrogen and oxygen atoms in total. The van der Waals surface area contributed by atoms with E-state index in [0.717, 1.165) is 4.88 Å². The van der Waals surface area contributed by atoms with Gasteiger partial charge in [0.15, 0.2) is 5.78 Å². The van der Waals surface area contributed by atoms with Gasteiger partial charge in [-0.3, -0.25) is 19.6 Å². The van der Waals surface area contributed by atoms with Gasteiger partial charge in [0.25, 0.3) is 0 Å². The lowest BCUT2D eigenvalue weighted by atomic mass is 10.3. The van der Waals surface area contributed by atoms with Crippen molar-refractivity contribution in [1.82, 2.24) is 9.78 Å². The van der Waals surface area contributed by atoms with E-state index in [4.69, 9.17) is 0 Å². The van der Waals surface area contributed by atoms with Crippen molar-refractivity contribution in [2.75, 3.05) is 0 Å². The van der Waals surface area contributed by atoms with Gasteiger partial charge in [-0.15, -0.1) is 11.3 Å². The number of carbonyl (C=O) groups is 1. The van der Waals surface area contributed by atoms with Crippen molar-refractivity contribution in [3.8, 4) is 0 Å². The zero-order valence-electron chi connectivity index (χ0n) is 10.8. The molecule has 0 fully saturated rings. The molecule has 100 valence electrons. The molecule has 2 aromatic heterocycles. The van der Waals surface area contributed by atoms with Crippen LogP contribution >= 0.6 is 11.3 Å². The molecule has 0 amide bonds. The van der Waals surface area contributed by atoms with Crippen molar-refractivity contribution in [3.63, 3.8) is 0 Å². The molecular weight excluding hydrogens is 266 g/mol. The molecule has 2 aromatic rings. The Kier molecular flexibility index (Phi) is 3.48. The van der Waals surface area contributed by atoms with E-state index in [9.17, 15) is 14.9 Å². The summed E-state index contributed by atoms with van der Waals surface area (Å²) < 4.78 is 1.39. The summed E-state index contributed by atoms with van der Waals surface area (Å²) in [6.45, 7) is 5.13. The number of ketones is 1. The largest absolute Gasteiger partial charge is 0.312 e. The van der Waals surface area contributed by atoms with Crippen LogP contribution in [0.25, 0.3) is 0 Å². The number of Topliss-reactive ketones (excluding diaryl/α,β-unsaturated/α-hetero) is 1. The summed E-state index contributed by atoms with van der Waals surface area (Å²) in [5.74, 6) is -0.0846. The van der Waals surface area contributed by atoms with Crippen LogP contribution in [0.2, 0.25) is 0 Å². The highest BCUT2D eigenvalue weighted by molar-refractivity contribution is 7.14. The molecule has 7 heteroatoms. The van der Waals surface area contributed by atoms with Crippen LogP contribution in [0.5, 0.6) is 0 Å². The molecule has 2 rings (SSSR count). The van der Waals surface area contributed by atoms with E-state index in [1.165, 1.54) is 16.0 Å². The van der Waals surface area contributed by atoms with E-state index >= 15 is 0 Å². The molecule has 2 heterocycles. The van der Waals surface area contributed by atoms with Crippen LogP contribution in [0.15, 0.2) is 12.1 Å². The average molecular weight is 279 g/mol. The molecule has 0 saturated carbocycles. The molecule has 0 atom stereocenters. The zero-order chi connectivity index (χ0) is 14.2. The van der Waals surface area contributed by atoms with Crippen LogP contribution in [0.4, 0.5) is 5.69 Å². The number of aryl methyl sites for hydroxylation is 2.